The van der Waals surface area contributed by atoms with Crippen molar-refractivity contribution in [2.24, 2.45) is 0 Å². The number of aliphatic hydroxyl groups is 4. The Labute approximate surface area is 84.0 Å². The van der Waals surface area contributed by atoms with Gasteiger partial charge in [0.2, 0.25) is 0 Å². The highest BCUT2D eigenvalue weighted by Gasteiger charge is 2.22. The van der Waals surface area contributed by atoms with E-state index in [2.05, 4.69) is 0 Å². The molecule has 0 aliphatic rings. The minimum atomic E-state index is -0.343. The van der Waals surface area contributed by atoms with E-state index in [9.17, 15) is 0 Å². The molecule has 86 valence electrons. The fraction of sp³-hybridized carbons (Fsp3) is 1.00. The van der Waals surface area contributed by atoms with E-state index < -0.39 is 0 Å². The molecule has 0 bridgehead atoms. The van der Waals surface area contributed by atoms with Crippen molar-refractivity contribution in [3.05, 3.63) is 0 Å². The summed E-state index contributed by atoms with van der Waals surface area (Å²) in [4.78, 5) is 2.71. The molecule has 0 aliphatic carbocycles. The normalized spacial score (nSPS) is 12.0. The van der Waals surface area contributed by atoms with Gasteiger partial charge in [-0.2, -0.15) is 0 Å². The average molecular weight is 208 g/mol. The molecule has 0 aromatic heterocycles. The van der Waals surface area contributed by atoms with Crippen LogP contribution in [0.3, 0.4) is 0 Å². The van der Waals surface area contributed by atoms with Crippen LogP contribution in [0.1, 0.15) is 19.8 Å². The third-order valence-electron chi connectivity index (χ3n) is 2.12. The number of rotatable bonds is 8. The molecule has 0 radical (unpaired) electrons. The van der Waals surface area contributed by atoms with Crippen molar-refractivity contribution in [2.75, 3.05) is 26.9 Å². The largest absolute Gasteiger partial charge is 0.381 e. The minimum absolute atomic E-state index is 0.308. The SMILES string of the molecule is CCCC(N(CO)CO)N(CO)CO. The van der Waals surface area contributed by atoms with E-state index in [-0.39, 0.29) is 33.1 Å². The van der Waals surface area contributed by atoms with Crippen LogP contribution < -0.4 is 0 Å². The van der Waals surface area contributed by atoms with E-state index in [1.807, 2.05) is 6.92 Å². The Morgan fingerprint density at radius 2 is 1.21 bits per heavy atom. The molecule has 0 aliphatic heterocycles. The van der Waals surface area contributed by atoms with Gasteiger partial charge in [0.25, 0.3) is 0 Å². The van der Waals surface area contributed by atoms with Crippen LogP contribution in [-0.4, -0.2) is 63.3 Å². The highest BCUT2D eigenvalue weighted by Crippen LogP contribution is 2.10. The monoisotopic (exact) mass is 208 g/mol. The van der Waals surface area contributed by atoms with Crippen molar-refractivity contribution in [1.82, 2.24) is 9.80 Å². The lowest BCUT2D eigenvalue weighted by Gasteiger charge is -2.35. The first-order valence-corrected chi connectivity index (χ1v) is 4.66. The summed E-state index contributed by atoms with van der Waals surface area (Å²) in [6.45, 7) is 0.720. The molecule has 0 saturated carbocycles. The molecule has 0 saturated heterocycles. The van der Waals surface area contributed by atoms with Gasteiger partial charge in [-0.3, -0.25) is 0 Å². The summed E-state index contributed by atoms with van der Waals surface area (Å²) in [6.07, 6.45) is 1.14. The Morgan fingerprint density at radius 3 is 1.43 bits per heavy atom. The van der Waals surface area contributed by atoms with Crippen molar-refractivity contribution in [3.8, 4) is 0 Å². The van der Waals surface area contributed by atoms with Gasteiger partial charge < -0.3 is 20.4 Å². The summed E-state index contributed by atoms with van der Waals surface area (Å²) in [6, 6.07) is 0. The van der Waals surface area contributed by atoms with Gasteiger partial charge in [-0.1, -0.05) is 13.3 Å². The second-order valence-corrected chi connectivity index (χ2v) is 3.01. The Morgan fingerprint density at radius 1 is 0.857 bits per heavy atom. The van der Waals surface area contributed by atoms with E-state index in [0.717, 1.165) is 6.42 Å². The Balaban J connectivity index is 4.36. The summed E-state index contributed by atoms with van der Waals surface area (Å²) in [5.41, 5.74) is 0. The molecule has 4 N–H and O–H groups in total. The van der Waals surface area contributed by atoms with Crippen LogP contribution in [0.5, 0.6) is 0 Å². The van der Waals surface area contributed by atoms with Gasteiger partial charge in [-0.05, 0) is 6.42 Å². The molecule has 0 heterocycles. The fourth-order valence-electron chi connectivity index (χ4n) is 1.32. The maximum atomic E-state index is 8.94. The first-order valence-electron chi connectivity index (χ1n) is 4.66. The van der Waals surface area contributed by atoms with E-state index in [4.69, 9.17) is 20.4 Å². The number of hydrogen-bond donors (Lipinski definition) is 4. The summed E-state index contributed by atoms with van der Waals surface area (Å²) in [7, 11) is 0. The molecule has 0 spiro atoms. The fourth-order valence-corrected chi connectivity index (χ4v) is 1.32. The quantitative estimate of drug-likeness (QED) is 0.364. The van der Waals surface area contributed by atoms with Crippen LogP contribution in [0.4, 0.5) is 0 Å². The minimum Gasteiger partial charge on any atom is -0.381 e. The summed E-state index contributed by atoms with van der Waals surface area (Å²) in [5.74, 6) is 0. The maximum Gasteiger partial charge on any atom is 0.0987 e. The van der Waals surface area contributed by atoms with Gasteiger partial charge in [0.15, 0.2) is 0 Å². The number of nitrogens with zero attached hydrogens (tertiary/aromatic N) is 2. The zero-order valence-electron chi connectivity index (χ0n) is 8.50. The molecule has 0 amide bonds. The lowest BCUT2D eigenvalue weighted by molar-refractivity contribution is -0.111. The zero-order chi connectivity index (χ0) is 11.0. The predicted octanol–water partition coefficient (Wildman–Crippen LogP) is -1.48. The first kappa shape index (κ1) is 13.8. The van der Waals surface area contributed by atoms with Gasteiger partial charge in [-0.15, -0.1) is 0 Å². The predicted molar refractivity (Wildman–Crippen MR) is 50.7 cm³/mol. The van der Waals surface area contributed by atoms with E-state index in [0.29, 0.717) is 6.42 Å². The van der Waals surface area contributed by atoms with Crippen molar-refractivity contribution >= 4 is 0 Å². The lowest BCUT2D eigenvalue weighted by atomic mass is 10.2. The van der Waals surface area contributed by atoms with Gasteiger partial charge in [0, 0.05) is 0 Å². The number of aliphatic hydroxyl groups excluding tert-OH is 4. The molecule has 0 rings (SSSR count). The van der Waals surface area contributed by atoms with Crippen molar-refractivity contribution in [1.29, 1.82) is 0 Å². The van der Waals surface area contributed by atoms with Gasteiger partial charge >= 0.3 is 0 Å². The van der Waals surface area contributed by atoms with Crippen molar-refractivity contribution in [3.63, 3.8) is 0 Å². The summed E-state index contributed by atoms with van der Waals surface area (Å²) < 4.78 is 0. The topological polar surface area (TPSA) is 87.4 Å². The van der Waals surface area contributed by atoms with Crippen LogP contribution in [0.15, 0.2) is 0 Å². The van der Waals surface area contributed by atoms with Gasteiger partial charge in [0.05, 0.1) is 33.1 Å². The molecule has 14 heavy (non-hydrogen) atoms. The van der Waals surface area contributed by atoms with Crippen LogP contribution in [0.2, 0.25) is 0 Å². The number of hydrogen-bond acceptors (Lipinski definition) is 6. The van der Waals surface area contributed by atoms with Crippen molar-refractivity contribution in [2.45, 2.75) is 25.9 Å². The highest BCUT2D eigenvalue weighted by molar-refractivity contribution is 4.65. The van der Waals surface area contributed by atoms with Gasteiger partial charge in [-0.25, -0.2) is 9.80 Å². The van der Waals surface area contributed by atoms with E-state index >= 15 is 0 Å². The van der Waals surface area contributed by atoms with Crippen LogP contribution in [-0.2, 0) is 0 Å². The standard InChI is InChI=1S/C8H20N2O4/c1-2-3-8(9(4-11)5-12)10(6-13)7-14/h8,11-14H,2-7H2,1H3. The molecule has 0 aromatic carbocycles. The van der Waals surface area contributed by atoms with Crippen LogP contribution >= 0.6 is 0 Å². The molecule has 0 atom stereocenters. The second kappa shape index (κ2) is 8.10. The summed E-state index contributed by atoms with van der Waals surface area (Å²) >= 11 is 0. The highest BCUT2D eigenvalue weighted by atomic mass is 16.3. The molecule has 0 unspecified atom stereocenters. The average Bonchev–Trinajstić information content (AvgIpc) is 2.21. The Bertz CT molecular complexity index is 117. The Kier molecular flexibility index (Phi) is 7.96. The second-order valence-electron chi connectivity index (χ2n) is 3.01. The molecule has 0 aromatic rings. The molecule has 6 nitrogen and oxygen atoms in total. The Hall–Kier alpha value is -0.240. The van der Waals surface area contributed by atoms with Crippen LogP contribution in [0.25, 0.3) is 0 Å². The summed E-state index contributed by atoms with van der Waals surface area (Å²) in [5, 5.41) is 35.8. The van der Waals surface area contributed by atoms with Crippen molar-refractivity contribution < 1.29 is 20.4 Å². The van der Waals surface area contributed by atoms with E-state index in [1.54, 1.807) is 0 Å². The first-order chi connectivity index (χ1) is 6.74. The third kappa shape index (κ3) is 3.87. The smallest absolute Gasteiger partial charge is 0.0987 e. The molecular formula is C8H20N2O4. The van der Waals surface area contributed by atoms with Gasteiger partial charge in [0.1, 0.15) is 0 Å². The lowest BCUT2D eigenvalue weighted by Crippen LogP contribution is -2.49. The maximum absolute atomic E-state index is 8.94. The third-order valence-corrected chi connectivity index (χ3v) is 2.12. The molecular weight excluding hydrogens is 188 g/mol. The molecule has 0 fully saturated rings. The van der Waals surface area contributed by atoms with Crippen LogP contribution in [0, 0.1) is 0 Å². The van der Waals surface area contributed by atoms with E-state index in [1.165, 1.54) is 9.80 Å². The molecule has 6 heteroatoms. The zero-order valence-corrected chi connectivity index (χ0v) is 8.50.